The Kier molecular flexibility index (Phi) is 13.7. The average molecular weight is 184 g/mol. The van der Waals surface area contributed by atoms with Gasteiger partial charge in [0.05, 0.1) is 0 Å². The van der Waals surface area contributed by atoms with Crippen LogP contribution in [0.1, 0.15) is 59.8 Å². The summed E-state index contributed by atoms with van der Waals surface area (Å²) in [6.07, 6.45) is 6.94. The quantitative estimate of drug-likeness (QED) is 0.507. The molecule has 0 radical (unpaired) electrons. The predicted octanol–water partition coefficient (Wildman–Crippen LogP) is 5.05. The maximum atomic E-state index is 3.00. The molecular formula is C13H28. The minimum atomic E-state index is 0.949. The molecule has 0 heterocycles. The van der Waals surface area contributed by atoms with Crippen molar-refractivity contribution in [3.05, 3.63) is 13.2 Å². The summed E-state index contributed by atoms with van der Waals surface area (Å²) >= 11 is 0. The fraction of sp³-hybridized carbons (Fsp3) is 0.846. The van der Waals surface area contributed by atoms with Gasteiger partial charge in [0.15, 0.2) is 0 Å². The van der Waals surface area contributed by atoms with E-state index in [1.807, 2.05) is 0 Å². The third-order valence-corrected chi connectivity index (χ3v) is 2.67. The van der Waals surface area contributed by atoms with Crippen LogP contribution < -0.4 is 0 Å². The molecule has 0 aliphatic carbocycles. The lowest BCUT2D eigenvalue weighted by Gasteiger charge is -2.17. The summed E-state index contributed by atoms with van der Waals surface area (Å²) in [4.78, 5) is 0. The van der Waals surface area contributed by atoms with Crippen LogP contribution in [-0.2, 0) is 0 Å². The Hall–Kier alpha value is -0.260. The highest BCUT2D eigenvalue weighted by molar-refractivity contribution is 4.60. The van der Waals surface area contributed by atoms with Gasteiger partial charge in [-0.1, -0.05) is 53.4 Å². The first-order chi connectivity index (χ1) is 6.24. The Morgan fingerprint density at radius 3 is 1.77 bits per heavy atom. The summed E-state index contributed by atoms with van der Waals surface area (Å²) in [5, 5.41) is 0. The topological polar surface area (TPSA) is 0 Å². The number of hydrogen-bond donors (Lipinski definition) is 0. The van der Waals surface area contributed by atoms with Gasteiger partial charge in [0.25, 0.3) is 0 Å². The van der Waals surface area contributed by atoms with Crippen LogP contribution in [0.3, 0.4) is 0 Å². The third kappa shape index (κ3) is 9.66. The van der Waals surface area contributed by atoms with E-state index in [0.717, 1.165) is 11.8 Å². The van der Waals surface area contributed by atoms with E-state index in [2.05, 4.69) is 40.9 Å². The van der Waals surface area contributed by atoms with Crippen molar-refractivity contribution in [1.29, 1.82) is 0 Å². The maximum absolute atomic E-state index is 3.00. The van der Waals surface area contributed by atoms with Gasteiger partial charge in [-0.05, 0) is 18.3 Å². The van der Waals surface area contributed by atoms with Crippen molar-refractivity contribution in [2.75, 3.05) is 0 Å². The van der Waals surface area contributed by atoms with E-state index >= 15 is 0 Å². The van der Waals surface area contributed by atoms with Gasteiger partial charge >= 0.3 is 0 Å². The molecule has 0 aromatic heterocycles. The fourth-order valence-electron chi connectivity index (χ4n) is 1.80. The van der Waals surface area contributed by atoms with Gasteiger partial charge in [-0.25, -0.2) is 0 Å². The SMILES string of the molecule is C=C.CCCC(C)CC(CC)CC. The van der Waals surface area contributed by atoms with Gasteiger partial charge in [0, 0.05) is 0 Å². The molecule has 0 amide bonds. The highest BCUT2D eigenvalue weighted by Gasteiger charge is 2.08. The van der Waals surface area contributed by atoms with Crippen molar-refractivity contribution in [2.45, 2.75) is 59.8 Å². The summed E-state index contributed by atoms with van der Waals surface area (Å²) in [5.74, 6) is 1.93. The molecule has 0 fully saturated rings. The summed E-state index contributed by atoms with van der Waals surface area (Å²) in [7, 11) is 0. The molecule has 0 heteroatoms. The lowest BCUT2D eigenvalue weighted by atomic mass is 9.89. The van der Waals surface area contributed by atoms with Gasteiger partial charge in [-0.3, -0.25) is 0 Å². The largest absolute Gasteiger partial charge is 0.106 e. The van der Waals surface area contributed by atoms with E-state index in [9.17, 15) is 0 Å². The Morgan fingerprint density at radius 2 is 1.46 bits per heavy atom. The third-order valence-electron chi connectivity index (χ3n) is 2.67. The summed E-state index contributed by atoms with van der Waals surface area (Å²) in [6, 6.07) is 0. The Balaban J connectivity index is 0. The summed E-state index contributed by atoms with van der Waals surface area (Å²) in [6.45, 7) is 15.3. The molecule has 1 unspecified atom stereocenters. The fourth-order valence-corrected chi connectivity index (χ4v) is 1.80. The van der Waals surface area contributed by atoms with Crippen LogP contribution in [0.4, 0.5) is 0 Å². The molecule has 0 aliphatic rings. The van der Waals surface area contributed by atoms with Crippen LogP contribution in [-0.4, -0.2) is 0 Å². The minimum absolute atomic E-state index is 0.949. The monoisotopic (exact) mass is 184 g/mol. The molecule has 0 nitrogen and oxygen atoms in total. The van der Waals surface area contributed by atoms with Crippen molar-refractivity contribution in [3.8, 4) is 0 Å². The lowest BCUT2D eigenvalue weighted by Crippen LogP contribution is -2.04. The maximum Gasteiger partial charge on any atom is -0.0417 e. The van der Waals surface area contributed by atoms with E-state index < -0.39 is 0 Å². The van der Waals surface area contributed by atoms with E-state index in [-0.39, 0.29) is 0 Å². The molecule has 0 aromatic rings. The average Bonchev–Trinajstić information content (AvgIpc) is 2.18. The molecule has 0 saturated heterocycles. The number of hydrogen-bond acceptors (Lipinski definition) is 0. The zero-order chi connectivity index (χ0) is 10.7. The predicted molar refractivity (Wildman–Crippen MR) is 64.0 cm³/mol. The smallest absolute Gasteiger partial charge is 0.0417 e. The van der Waals surface area contributed by atoms with Gasteiger partial charge in [-0.2, -0.15) is 0 Å². The van der Waals surface area contributed by atoms with Crippen molar-refractivity contribution in [3.63, 3.8) is 0 Å². The van der Waals surface area contributed by atoms with Gasteiger partial charge in [-0.15, -0.1) is 13.2 Å². The molecular weight excluding hydrogens is 156 g/mol. The van der Waals surface area contributed by atoms with E-state index in [4.69, 9.17) is 0 Å². The van der Waals surface area contributed by atoms with Crippen molar-refractivity contribution in [2.24, 2.45) is 11.8 Å². The molecule has 13 heavy (non-hydrogen) atoms. The Bertz CT molecular complexity index is 82.0. The van der Waals surface area contributed by atoms with E-state index in [1.165, 1.54) is 32.1 Å². The summed E-state index contributed by atoms with van der Waals surface area (Å²) < 4.78 is 0. The zero-order valence-electron chi connectivity index (χ0n) is 10.1. The molecule has 1 atom stereocenters. The molecule has 80 valence electrons. The highest BCUT2D eigenvalue weighted by atomic mass is 14.1. The first kappa shape index (κ1) is 15.2. The normalized spacial score (nSPS) is 12.1. The molecule has 0 rings (SSSR count). The molecule has 0 aromatic carbocycles. The van der Waals surface area contributed by atoms with Gasteiger partial charge in [0.1, 0.15) is 0 Å². The van der Waals surface area contributed by atoms with E-state index in [1.54, 1.807) is 0 Å². The van der Waals surface area contributed by atoms with Crippen molar-refractivity contribution in [1.82, 2.24) is 0 Å². The molecule has 0 N–H and O–H groups in total. The van der Waals surface area contributed by atoms with Crippen LogP contribution in [0.5, 0.6) is 0 Å². The molecule has 0 saturated carbocycles. The van der Waals surface area contributed by atoms with Crippen LogP contribution >= 0.6 is 0 Å². The summed E-state index contributed by atoms with van der Waals surface area (Å²) in [5.41, 5.74) is 0. The van der Waals surface area contributed by atoms with Crippen molar-refractivity contribution < 1.29 is 0 Å². The second kappa shape index (κ2) is 11.7. The van der Waals surface area contributed by atoms with Crippen LogP contribution in [0.25, 0.3) is 0 Å². The lowest BCUT2D eigenvalue weighted by molar-refractivity contribution is 0.355. The second-order valence-electron chi connectivity index (χ2n) is 3.81. The van der Waals surface area contributed by atoms with Crippen molar-refractivity contribution >= 4 is 0 Å². The molecule has 0 bridgehead atoms. The Morgan fingerprint density at radius 1 is 1.00 bits per heavy atom. The molecule has 0 aliphatic heterocycles. The van der Waals surface area contributed by atoms with Crippen LogP contribution in [0.15, 0.2) is 13.2 Å². The molecule has 0 spiro atoms. The minimum Gasteiger partial charge on any atom is -0.106 e. The van der Waals surface area contributed by atoms with Gasteiger partial charge in [0.2, 0.25) is 0 Å². The standard InChI is InChI=1S/C11H24.C2H4/c1-5-8-10(4)9-11(6-2)7-3;1-2/h10-11H,5-9H2,1-4H3;1-2H2. The zero-order valence-corrected chi connectivity index (χ0v) is 10.1. The Labute approximate surface area is 85.4 Å². The van der Waals surface area contributed by atoms with Crippen LogP contribution in [0.2, 0.25) is 0 Å². The first-order valence-electron chi connectivity index (χ1n) is 5.74. The number of rotatable bonds is 6. The van der Waals surface area contributed by atoms with Crippen LogP contribution in [0, 0.1) is 11.8 Å². The highest BCUT2D eigenvalue weighted by Crippen LogP contribution is 2.21. The van der Waals surface area contributed by atoms with Gasteiger partial charge < -0.3 is 0 Å². The first-order valence-corrected chi connectivity index (χ1v) is 5.74. The van der Waals surface area contributed by atoms with E-state index in [0.29, 0.717) is 0 Å². The second-order valence-corrected chi connectivity index (χ2v) is 3.81.